The van der Waals surface area contributed by atoms with Crippen LogP contribution in [0.15, 0.2) is 24.3 Å². The summed E-state index contributed by atoms with van der Waals surface area (Å²) in [7, 11) is 2.17. The third kappa shape index (κ3) is 2.16. The van der Waals surface area contributed by atoms with Crippen molar-refractivity contribution in [3.63, 3.8) is 0 Å². The average Bonchev–Trinajstić information content (AvgIpc) is 2.95. The lowest BCUT2D eigenvalue weighted by molar-refractivity contribution is -0.152. The predicted octanol–water partition coefficient (Wildman–Crippen LogP) is 1.99. The van der Waals surface area contributed by atoms with E-state index < -0.39 is 6.10 Å². The summed E-state index contributed by atoms with van der Waals surface area (Å²) in [5, 5.41) is 0. The van der Waals surface area contributed by atoms with Gasteiger partial charge < -0.3 is 19.1 Å². The van der Waals surface area contributed by atoms with Crippen LogP contribution < -0.4 is 9.47 Å². The Bertz CT molecular complexity index is 878. The smallest absolute Gasteiger partial charge is 0.308 e. The number of rotatable bonds is 2. The van der Waals surface area contributed by atoms with Crippen LogP contribution in [0.4, 0.5) is 0 Å². The maximum atomic E-state index is 11.7. The van der Waals surface area contributed by atoms with Gasteiger partial charge in [0.15, 0.2) is 17.6 Å². The fourth-order valence-corrected chi connectivity index (χ4v) is 5.74. The van der Waals surface area contributed by atoms with E-state index in [1.54, 1.807) is 0 Å². The standard InChI is InChI=1S/C21H23NO5/c1-11(23)25-16-6-4-13-10-15-14-5-7-17(26-12(2)24)20-21(14,8-9-22(15)3)18(13)19(16)27-20/h4-7,14-15,17,20H,8-10H2,1-3H3. The number of nitrogens with zero attached hydrogens (tertiary/aromatic N) is 1. The minimum absolute atomic E-state index is 0.245. The summed E-state index contributed by atoms with van der Waals surface area (Å²) in [5.74, 6) is 0.712. The van der Waals surface area contributed by atoms with Crippen molar-refractivity contribution in [1.82, 2.24) is 4.90 Å². The summed E-state index contributed by atoms with van der Waals surface area (Å²) < 4.78 is 17.5. The molecule has 6 heteroatoms. The molecule has 4 aliphatic rings. The van der Waals surface area contributed by atoms with E-state index in [-0.39, 0.29) is 29.4 Å². The van der Waals surface area contributed by atoms with Crippen LogP contribution in [0.25, 0.3) is 0 Å². The van der Waals surface area contributed by atoms with Crippen LogP contribution in [0.2, 0.25) is 0 Å². The molecular weight excluding hydrogens is 346 g/mol. The minimum atomic E-state index is -0.439. The van der Waals surface area contributed by atoms with Crippen LogP contribution in [0.3, 0.4) is 0 Å². The first-order chi connectivity index (χ1) is 12.9. The van der Waals surface area contributed by atoms with E-state index in [4.69, 9.17) is 14.2 Å². The lowest BCUT2D eigenvalue weighted by Gasteiger charge is -2.56. The van der Waals surface area contributed by atoms with Crippen molar-refractivity contribution in [2.45, 2.75) is 50.4 Å². The predicted molar refractivity (Wildman–Crippen MR) is 96.8 cm³/mol. The van der Waals surface area contributed by atoms with Crippen LogP contribution in [-0.4, -0.2) is 48.7 Å². The van der Waals surface area contributed by atoms with E-state index in [0.29, 0.717) is 17.5 Å². The lowest BCUT2D eigenvalue weighted by Crippen LogP contribution is -2.65. The number of hydrogen-bond acceptors (Lipinski definition) is 6. The molecule has 5 unspecified atom stereocenters. The van der Waals surface area contributed by atoms with Gasteiger partial charge in [-0.25, -0.2) is 0 Å². The highest BCUT2D eigenvalue weighted by atomic mass is 16.6. The van der Waals surface area contributed by atoms with Crippen LogP contribution in [0.5, 0.6) is 11.5 Å². The van der Waals surface area contributed by atoms with Gasteiger partial charge in [-0.2, -0.15) is 0 Å². The third-order valence-corrected chi connectivity index (χ3v) is 6.67. The van der Waals surface area contributed by atoms with Crippen molar-refractivity contribution in [2.75, 3.05) is 13.6 Å². The van der Waals surface area contributed by atoms with Crippen molar-refractivity contribution in [3.8, 4) is 11.5 Å². The zero-order valence-corrected chi connectivity index (χ0v) is 15.7. The number of ether oxygens (including phenoxy) is 3. The molecule has 1 aromatic rings. The highest BCUT2D eigenvalue weighted by Crippen LogP contribution is 2.62. The lowest BCUT2D eigenvalue weighted by atomic mass is 9.53. The van der Waals surface area contributed by atoms with Crippen molar-refractivity contribution in [2.24, 2.45) is 5.92 Å². The largest absolute Gasteiger partial charge is 0.481 e. The van der Waals surface area contributed by atoms with E-state index >= 15 is 0 Å². The molecule has 5 rings (SSSR count). The third-order valence-electron chi connectivity index (χ3n) is 6.67. The number of benzene rings is 1. The topological polar surface area (TPSA) is 65.1 Å². The fraction of sp³-hybridized carbons (Fsp3) is 0.524. The molecule has 2 aliphatic heterocycles. The molecule has 0 aromatic heterocycles. The molecule has 142 valence electrons. The number of piperidine rings is 1. The number of carbonyl (C=O) groups excluding carboxylic acids is 2. The zero-order chi connectivity index (χ0) is 18.9. The summed E-state index contributed by atoms with van der Waals surface area (Å²) in [6, 6.07) is 4.28. The molecule has 0 saturated carbocycles. The Kier molecular flexibility index (Phi) is 3.47. The number of carbonyl (C=O) groups is 2. The molecule has 0 radical (unpaired) electrons. The van der Waals surface area contributed by atoms with E-state index in [0.717, 1.165) is 24.9 Å². The summed E-state index contributed by atoms with van der Waals surface area (Å²) in [5.41, 5.74) is 2.15. The molecular formula is C21H23NO5. The molecule has 2 aliphatic carbocycles. The second kappa shape index (κ2) is 5.58. The molecule has 0 amide bonds. The first-order valence-corrected chi connectivity index (χ1v) is 9.49. The molecule has 6 nitrogen and oxygen atoms in total. The average molecular weight is 369 g/mol. The second-order valence-electron chi connectivity index (χ2n) is 8.09. The molecule has 1 fully saturated rings. The van der Waals surface area contributed by atoms with E-state index in [1.165, 1.54) is 19.4 Å². The molecule has 2 heterocycles. The Morgan fingerprint density at radius 2 is 2.04 bits per heavy atom. The van der Waals surface area contributed by atoms with Crippen LogP contribution >= 0.6 is 0 Å². The van der Waals surface area contributed by atoms with Crippen LogP contribution in [-0.2, 0) is 26.2 Å². The van der Waals surface area contributed by atoms with Gasteiger partial charge in [-0.1, -0.05) is 12.1 Å². The first kappa shape index (κ1) is 16.8. The number of hydrogen-bond donors (Lipinski definition) is 0. The monoisotopic (exact) mass is 369 g/mol. The second-order valence-corrected chi connectivity index (χ2v) is 8.09. The molecule has 2 bridgehead atoms. The maximum Gasteiger partial charge on any atom is 0.308 e. The molecule has 1 aromatic carbocycles. The molecule has 1 spiro atoms. The highest BCUT2D eigenvalue weighted by molar-refractivity contribution is 5.73. The van der Waals surface area contributed by atoms with Gasteiger partial charge in [-0.15, -0.1) is 0 Å². The molecule has 27 heavy (non-hydrogen) atoms. The summed E-state index contributed by atoms with van der Waals surface area (Å²) >= 11 is 0. The van der Waals surface area contributed by atoms with Crippen molar-refractivity contribution in [1.29, 1.82) is 0 Å². The number of likely N-dealkylation sites (N-methyl/N-ethyl adjacent to an activating group) is 1. The Hall–Kier alpha value is -2.34. The summed E-state index contributed by atoms with van der Waals surface area (Å²) in [6.07, 6.45) is 5.31. The van der Waals surface area contributed by atoms with E-state index in [9.17, 15) is 9.59 Å². The van der Waals surface area contributed by atoms with E-state index in [1.807, 2.05) is 12.1 Å². The normalized spacial score (nSPS) is 35.2. The Labute approximate surface area is 158 Å². The van der Waals surface area contributed by atoms with Gasteiger partial charge in [0.1, 0.15) is 6.10 Å². The van der Waals surface area contributed by atoms with Crippen LogP contribution in [0.1, 0.15) is 31.4 Å². The van der Waals surface area contributed by atoms with E-state index in [2.05, 4.69) is 24.1 Å². The minimum Gasteiger partial charge on any atom is -0.481 e. The van der Waals surface area contributed by atoms with Crippen LogP contribution in [0, 0.1) is 5.92 Å². The highest BCUT2D eigenvalue weighted by Gasteiger charge is 2.65. The molecule has 1 saturated heterocycles. The number of esters is 2. The SMILES string of the molecule is CC(=O)Oc1ccc2c3c1OC1C(OC(C)=O)C=CC4C(C2)N(C)CCC341. The van der Waals surface area contributed by atoms with Gasteiger partial charge in [0.2, 0.25) is 0 Å². The summed E-state index contributed by atoms with van der Waals surface area (Å²) in [4.78, 5) is 25.7. The summed E-state index contributed by atoms with van der Waals surface area (Å²) in [6.45, 7) is 3.77. The van der Waals surface area contributed by atoms with Gasteiger partial charge in [-0.05, 0) is 44.1 Å². The van der Waals surface area contributed by atoms with Gasteiger partial charge in [0, 0.05) is 36.8 Å². The van der Waals surface area contributed by atoms with Crippen molar-refractivity contribution < 1.29 is 23.8 Å². The quantitative estimate of drug-likeness (QED) is 0.451. The van der Waals surface area contributed by atoms with Gasteiger partial charge >= 0.3 is 11.9 Å². The Balaban J connectivity index is 1.71. The van der Waals surface area contributed by atoms with Gasteiger partial charge in [0.05, 0.1) is 0 Å². The Morgan fingerprint density at radius 3 is 2.78 bits per heavy atom. The Morgan fingerprint density at radius 1 is 1.22 bits per heavy atom. The van der Waals surface area contributed by atoms with Crippen molar-refractivity contribution >= 4 is 11.9 Å². The zero-order valence-electron chi connectivity index (χ0n) is 15.7. The first-order valence-electron chi connectivity index (χ1n) is 9.49. The number of likely N-dealkylation sites (tertiary alicyclic amines) is 1. The maximum absolute atomic E-state index is 11.7. The molecule has 0 N–H and O–H groups in total. The van der Waals surface area contributed by atoms with Gasteiger partial charge in [0.25, 0.3) is 0 Å². The van der Waals surface area contributed by atoms with Gasteiger partial charge in [-0.3, -0.25) is 9.59 Å². The fourth-order valence-electron chi connectivity index (χ4n) is 5.74. The van der Waals surface area contributed by atoms with Crippen molar-refractivity contribution in [3.05, 3.63) is 35.4 Å². The molecule has 5 atom stereocenters.